The van der Waals surface area contributed by atoms with E-state index >= 15 is 0 Å². The van der Waals surface area contributed by atoms with Crippen molar-refractivity contribution in [3.8, 4) is 0 Å². The largest absolute Gasteiger partial charge is 0.377 e. The van der Waals surface area contributed by atoms with E-state index in [0.717, 1.165) is 10.2 Å². The van der Waals surface area contributed by atoms with Crippen molar-refractivity contribution in [2.75, 3.05) is 11.1 Å². The second-order valence-electron chi connectivity index (χ2n) is 4.06. The first-order valence-electron chi connectivity index (χ1n) is 5.57. The Labute approximate surface area is 114 Å². The fourth-order valence-electron chi connectivity index (χ4n) is 2.06. The lowest BCUT2D eigenvalue weighted by atomic mass is 10.1. The summed E-state index contributed by atoms with van der Waals surface area (Å²) in [6.07, 6.45) is 0. The molecule has 1 aliphatic rings. The highest BCUT2D eigenvalue weighted by atomic mass is 79.9. The molecule has 1 aliphatic heterocycles. The summed E-state index contributed by atoms with van der Waals surface area (Å²) in [5.74, 6) is 1.10. The van der Waals surface area contributed by atoms with Gasteiger partial charge in [0.25, 0.3) is 0 Å². The maximum atomic E-state index is 3.59. The predicted molar refractivity (Wildman–Crippen MR) is 77.7 cm³/mol. The molecule has 0 amide bonds. The molecule has 0 aliphatic carbocycles. The van der Waals surface area contributed by atoms with Crippen LogP contribution in [0, 0.1) is 0 Å². The van der Waals surface area contributed by atoms with Crippen molar-refractivity contribution in [3.05, 3.63) is 58.6 Å². The van der Waals surface area contributed by atoms with Crippen molar-refractivity contribution in [2.24, 2.45) is 0 Å². The molecule has 0 aromatic heterocycles. The van der Waals surface area contributed by atoms with E-state index in [1.54, 1.807) is 0 Å². The molecule has 1 heterocycles. The van der Waals surface area contributed by atoms with Gasteiger partial charge in [0.15, 0.2) is 0 Å². The average molecular weight is 306 g/mol. The maximum absolute atomic E-state index is 3.59. The van der Waals surface area contributed by atoms with Crippen LogP contribution in [0.5, 0.6) is 0 Å². The highest BCUT2D eigenvalue weighted by Crippen LogP contribution is 2.39. The van der Waals surface area contributed by atoms with E-state index in [4.69, 9.17) is 0 Å². The predicted octanol–water partition coefficient (Wildman–Crippen LogP) is 4.71. The summed E-state index contributed by atoms with van der Waals surface area (Å²) in [5.41, 5.74) is 2.58. The van der Waals surface area contributed by atoms with Crippen LogP contribution in [0.4, 0.5) is 5.69 Å². The lowest BCUT2D eigenvalue weighted by Crippen LogP contribution is -2.09. The SMILES string of the molecule is Brc1cccc(NC2CSc3ccccc32)c1. The van der Waals surface area contributed by atoms with Crippen molar-refractivity contribution < 1.29 is 0 Å². The summed E-state index contributed by atoms with van der Waals surface area (Å²) in [7, 11) is 0. The molecule has 0 saturated carbocycles. The molecule has 3 rings (SSSR count). The minimum absolute atomic E-state index is 0.422. The van der Waals surface area contributed by atoms with E-state index in [2.05, 4.69) is 63.7 Å². The molecule has 3 heteroatoms. The smallest absolute Gasteiger partial charge is 0.0618 e. The van der Waals surface area contributed by atoms with Crippen LogP contribution in [-0.2, 0) is 0 Å². The van der Waals surface area contributed by atoms with Gasteiger partial charge in [-0.05, 0) is 29.8 Å². The van der Waals surface area contributed by atoms with Crippen molar-refractivity contribution in [2.45, 2.75) is 10.9 Å². The molecule has 1 nitrogen and oxygen atoms in total. The van der Waals surface area contributed by atoms with Gasteiger partial charge in [0, 0.05) is 20.8 Å². The van der Waals surface area contributed by atoms with Crippen LogP contribution in [0.1, 0.15) is 11.6 Å². The average Bonchev–Trinajstić information content (AvgIpc) is 2.73. The molecule has 86 valence electrons. The van der Waals surface area contributed by atoms with Crippen LogP contribution in [0.3, 0.4) is 0 Å². The van der Waals surface area contributed by atoms with Crippen LogP contribution < -0.4 is 5.32 Å². The first kappa shape index (κ1) is 11.2. The number of anilines is 1. The number of nitrogens with one attached hydrogen (secondary N) is 1. The summed E-state index contributed by atoms with van der Waals surface area (Å²) in [6.45, 7) is 0. The molecule has 0 saturated heterocycles. The lowest BCUT2D eigenvalue weighted by molar-refractivity contribution is 0.900. The fraction of sp³-hybridized carbons (Fsp3) is 0.143. The minimum Gasteiger partial charge on any atom is -0.377 e. The Bertz CT molecular complexity index is 541. The Morgan fingerprint density at radius 3 is 2.88 bits per heavy atom. The lowest BCUT2D eigenvalue weighted by Gasteiger charge is -2.14. The number of rotatable bonds is 2. The third kappa shape index (κ3) is 2.35. The zero-order valence-electron chi connectivity index (χ0n) is 9.19. The molecule has 2 aromatic rings. The first-order chi connectivity index (χ1) is 8.33. The third-order valence-corrected chi connectivity index (χ3v) is 4.54. The summed E-state index contributed by atoms with van der Waals surface area (Å²) in [6, 6.07) is 17.4. The van der Waals surface area contributed by atoms with E-state index in [9.17, 15) is 0 Å². The molecule has 0 spiro atoms. The zero-order chi connectivity index (χ0) is 11.7. The Morgan fingerprint density at radius 1 is 1.12 bits per heavy atom. The summed E-state index contributed by atoms with van der Waals surface area (Å²) in [4.78, 5) is 1.40. The quantitative estimate of drug-likeness (QED) is 0.862. The highest BCUT2D eigenvalue weighted by Gasteiger charge is 2.22. The van der Waals surface area contributed by atoms with Gasteiger partial charge in [-0.15, -0.1) is 11.8 Å². The third-order valence-electron chi connectivity index (χ3n) is 2.87. The second-order valence-corrected chi connectivity index (χ2v) is 6.03. The van der Waals surface area contributed by atoms with Crippen molar-refractivity contribution >= 4 is 33.4 Å². The van der Waals surface area contributed by atoms with Gasteiger partial charge in [0.05, 0.1) is 6.04 Å². The van der Waals surface area contributed by atoms with Gasteiger partial charge in [0.1, 0.15) is 0 Å². The van der Waals surface area contributed by atoms with Crippen molar-refractivity contribution in [1.29, 1.82) is 0 Å². The van der Waals surface area contributed by atoms with E-state index in [1.807, 2.05) is 17.8 Å². The van der Waals surface area contributed by atoms with E-state index in [0.29, 0.717) is 6.04 Å². The van der Waals surface area contributed by atoms with Crippen LogP contribution in [0.25, 0.3) is 0 Å². The van der Waals surface area contributed by atoms with Gasteiger partial charge >= 0.3 is 0 Å². The molecular weight excluding hydrogens is 294 g/mol. The number of hydrogen-bond acceptors (Lipinski definition) is 2. The van der Waals surface area contributed by atoms with Gasteiger partial charge in [-0.1, -0.05) is 40.2 Å². The monoisotopic (exact) mass is 305 g/mol. The van der Waals surface area contributed by atoms with Crippen LogP contribution in [0.2, 0.25) is 0 Å². The van der Waals surface area contributed by atoms with Crippen LogP contribution >= 0.6 is 27.7 Å². The fourth-order valence-corrected chi connectivity index (χ4v) is 3.62. The molecule has 1 unspecified atom stereocenters. The summed E-state index contributed by atoms with van der Waals surface area (Å²) in [5, 5.41) is 3.59. The first-order valence-corrected chi connectivity index (χ1v) is 7.34. The summed E-state index contributed by atoms with van der Waals surface area (Å²) >= 11 is 5.42. The Balaban J connectivity index is 1.84. The minimum atomic E-state index is 0.422. The Morgan fingerprint density at radius 2 is 2.00 bits per heavy atom. The standard InChI is InChI=1S/C14H12BrNS/c15-10-4-3-5-11(8-10)16-13-9-17-14-7-2-1-6-12(13)14/h1-8,13,16H,9H2. The van der Waals surface area contributed by atoms with Crippen LogP contribution in [-0.4, -0.2) is 5.75 Å². The number of fused-ring (bicyclic) bond motifs is 1. The van der Waals surface area contributed by atoms with Crippen LogP contribution in [0.15, 0.2) is 57.9 Å². The highest BCUT2D eigenvalue weighted by molar-refractivity contribution is 9.10. The number of benzene rings is 2. The van der Waals surface area contributed by atoms with E-state index < -0.39 is 0 Å². The maximum Gasteiger partial charge on any atom is 0.0618 e. The molecule has 0 radical (unpaired) electrons. The summed E-state index contributed by atoms with van der Waals surface area (Å²) < 4.78 is 1.11. The second kappa shape index (κ2) is 4.75. The Kier molecular flexibility index (Phi) is 3.12. The molecule has 0 fully saturated rings. The topological polar surface area (TPSA) is 12.0 Å². The van der Waals surface area contributed by atoms with Gasteiger partial charge in [-0.3, -0.25) is 0 Å². The van der Waals surface area contributed by atoms with Gasteiger partial charge < -0.3 is 5.32 Å². The molecular formula is C14H12BrNS. The van der Waals surface area contributed by atoms with Gasteiger partial charge in [-0.25, -0.2) is 0 Å². The van der Waals surface area contributed by atoms with E-state index in [-0.39, 0.29) is 0 Å². The van der Waals surface area contributed by atoms with Crippen molar-refractivity contribution in [3.63, 3.8) is 0 Å². The molecule has 0 bridgehead atoms. The Hall–Kier alpha value is -0.930. The number of halogens is 1. The molecule has 1 N–H and O–H groups in total. The number of thioether (sulfide) groups is 1. The molecule has 17 heavy (non-hydrogen) atoms. The normalized spacial score (nSPS) is 17.8. The van der Waals surface area contributed by atoms with Crippen molar-refractivity contribution in [1.82, 2.24) is 0 Å². The zero-order valence-corrected chi connectivity index (χ0v) is 11.6. The van der Waals surface area contributed by atoms with E-state index in [1.165, 1.54) is 16.1 Å². The van der Waals surface area contributed by atoms with Gasteiger partial charge in [-0.2, -0.15) is 0 Å². The molecule has 2 aromatic carbocycles. The van der Waals surface area contributed by atoms with Gasteiger partial charge in [0.2, 0.25) is 0 Å². The number of hydrogen-bond donors (Lipinski definition) is 1. The molecule has 1 atom stereocenters.